The van der Waals surface area contributed by atoms with Crippen LogP contribution in [0.25, 0.3) is 0 Å². The van der Waals surface area contributed by atoms with Gasteiger partial charge in [-0.05, 0) is 0 Å². The molecule has 0 aliphatic carbocycles. The summed E-state index contributed by atoms with van der Waals surface area (Å²) in [5.41, 5.74) is 0. The van der Waals surface area contributed by atoms with E-state index in [1.807, 2.05) is 0 Å². The normalized spacial score (nSPS) is 31.2. The van der Waals surface area contributed by atoms with Crippen LogP contribution in [0.4, 0.5) is 0 Å². The molecular formula is C13H19BrO8. The number of alkyl halides is 1. The van der Waals surface area contributed by atoms with E-state index in [2.05, 4.69) is 15.9 Å². The highest BCUT2D eigenvalue weighted by Crippen LogP contribution is 2.31. The molecule has 0 aromatic rings. The lowest BCUT2D eigenvalue weighted by atomic mass is 9.99. The highest BCUT2D eigenvalue weighted by Gasteiger charge is 2.50. The third-order valence-electron chi connectivity index (χ3n) is 2.81. The van der Waals surface area contributed by atoms with E-state index >= 15 is 0 Å². The van der Waals surface area contributed by atoms with Gasteiger partial charge >= 0.3 is 17.9 Å². The first-order chi connectivity index (χ1) is 10.3. The van der Waals surface area contributed by atoms with Crippen molar-refractivity contribution in [2.45, 2.75) is 50.2 Å². The van der Waals surface area contributed by atoms with Gasteiger partial charge < -0.3 is 23.7 Å². The Bertz CT molecular complexity index is 426. The lowest BCUT2D eigenvalue weighted by Crippen LogP contribution is -2.60. The minimum atomic E-state index is -1.01. The second kappa shape index (κ2) is 8.44. The van der Waals surface area contributed by atoms with Crippen LogP contribution in [0, 0.1) is 0 Å². The van der Waals surface area contributed by atoms with Crippen LogP contribution in [0.1, 0.15) is 20.8 Å². The molecule has 1 heterocycles. The Morgan fingerprint density at radius 1 is 0.909 bits per heavy atom. The molecule has 1 aliphatic heterocycles. The molecule has 0 N–H and O–H groups in total. The van der Waals surface area contributed by atoms with E-state index in [0.29, 0.717) is 0 Å². The lowest BCUT2D eigenvalue weighted by molar-refractivity contribution is -0.236. The molecule has 0 saturated carbocycles. The standard InChI is InChI=1S/C13H19BrO8/c1-6(15)19-10-9(5-18-4)22-13(14)12(21-8(3)17)11(10)20-7(2)16/h9-13H,5H2,1-4H3/t9-,10-,11+,12-,13+/m1/s1. The number of carbonyl (C=O) groups is 3. The smallest absolute Gasteiger partial charge is 0.303 e. The lowest BCUT2D eigenvalue weighted by Gasteiger charge is -2.42. The van der Waals surface area contributed by atoms with Gasteiger partial charge in [0.1, 0.15) is 6.10 Å². The van der Waals surface area contributed by atoms with Gasteiger partial charge in [0.05, 0.1) is 6.61 Å². The van der Waals surface area contributed by atoms with Gasteiger partial charge in [-0.15, -0.1) is 0 Å². The summed E-state index contributed by atoms with van der Waals surface area (Å²) in [6.45, 7) is 3.74. The van der Waals surface area contributed by atoms with Crippen LogP contribution in [0.3, 0.4) is 0 Å². The largest absolute Gasteiger partial charge is 0.456 e. The summed E-state index contributed by atoms with van der Waals surface area (Å²) in [6.07, 6.45) is -3.61. The number of halogens is 1. The maximum absolute atomic E-state index is 11.4. The molecule has 1 aliphatic rings. The van der Waals surface area contributed by atoms with E-state index in [4.69, 9.17) is 23.7 Å². The van der Waals surface area contributed by atoms with Gasteiger partial charge in [-0.3, -0.25) is 14.4 Å². The van der Waals surface area contributed by atoms with E-state index in [0.717, 1.165) is 0 Å². The Kier molecular flexibility index (Phi) is 7.24. The minimum absolute atomic E-state index is 0.102. The van der Waals surface area contributed by atoms with E-state index < -0.39 is 47.3 Å². The number of hydrogen-bond donors (Lipinski definition) is 0. The number of rotatable bonds is 5. The molecular weight excluding hydrogens is 364 g/mol. The second-order valence-electron chi connectivity index (χ2n) is 4.70. The zero-order chi connectivity index (χ0) is 16.9. The van der Waals surface area contributed by atoms with Crippen molar-refractivity contribution < 1.29 is 38.1 Å². The fourth-order valence-corrected chi connectivity index (χ4v) is 2.83. The van der Waals surface area contributed by atoms with Crippen LogP contribution < -0.4 is 0 Å². The van der Waals surface area contributed by atoms with Crippen LogP contribution in [-0.2, 0) is 38.1 Å². The fourth-order valence-electron chi connectivity index (χ4n) is 2.14. The number of methoxy groups -OCH3 is 1. The Labute approximate surface area is 136 Å². The molecule has 1 fully saturated rings. The summed E-state index contributed by atoms with van der Waals surface area (Å²) in [5.74, 6) is -1.76. The van der Waals surface area contributed by atoms with Crippen LogP contribution >= 0.6 is 15.9 Å². The molecule has 1 rings (SSSR count). The van der Waals surface area contributed by atoms with Crippen molar-refractivity contribution in [2.24, 2.45) is 0 Å². The minimum Gasteiger partial charge on any atom is -0.456 e. The predicted octanol–water partition coefficient (Wildman–Crippen LogP) is 0.548. The second-order valence-corrected chi connectivity index (χ2v) is 5.61. The zero-order valence-corrected chi connectivity index (χ0v) is 14.3. The summed E-state index contributed by atoms with van der Waals surface area (Å²) in [4.78, 5) is 33.9. The Morgan fingerprint density at radius 3 is 1.82 bits per heavy atom. The molecule has 0 unspecified atom stereocenters. The molecule has 0 amide bonds. The van der Waals surface area contributed by atoms with E-state index in [1.165, 1.54) is 27.9 Å². The first-order valence-corrected chi connectivity index (χ1v) is 7.48. The van der Waals surface area contributed by atoms with E-state index in [-0.39, 0.29) is 6.61 Å². The third kappa shape index (κ3) is 5.22. The summed E-state index contributed by atoms with van der Waals surface area (Å²) in [6, 6.07) is 0. The van der Waals surface area contributed by atoms with E-state index in [9.17, 15) is 14.4 Å². The molecule has 22 heavy (non-hydrogen) atoms. The highest BCUT2D eigenvalue weighted by atomic mass is 79.9. The van der Waals surface area contributed by atoms with Crippen LogP contribution in [-0.4, -0.2) is 61.1 Å². The fraction of sp³-hybridized carbons (Fsp3) is 0.769. The molecule has 0 spiro atoms. The van der Waals surface area contributed by atoms with Gasteiger partial charge in [-0.25, -0.2) is 0 Å². The van der Waals surface area contributed by atoms with Gasteiger partial charge in [0.15, 0.2) is 23.3 Å². The van der Waals surface area contributed by atoms with Crippen LogP contribution in [0.5, 0.6) is 0 Å². The number of carbonyl (C=O) groups excluding carboxylic acids is 3. The van der Waals surface area contributed by atoms with Gasteiger partial charge in [0.25, 0.3) is 0 Å². The maximum atomic E-state index is 11.4. The number of esters is 3. The van der Waals surface area contributed by atoms with Crippen LogP contribution in [0.15, 0.2) is 0 Å². The van der Waals surface area contributed by atoms with Crippen molar-refractivity contribution in [1.29, 1.82) is 0 Å². The first-order valence-electron chi connectivity index (χ1n) is 6.56. The Hall–Kier alpha value is -1.19. The zero-order valence-electron chi connectivity index (χ0n) is 12.7. The average molecular weight is 383 g/mol. The van der Waals surface area contributed by atoms with Crippen molar-refractivity contribution in [3.63, 3.8) is 0 Å². The molecule has 8 nitrogen and oxygen atoms in total. The van der Waals surface area contributed by atoms with Crippen molar-refractivity contribution in [2.75, 3.05) is 13.7 Å². The van der Waals surface area contributed by atoms with Gasteiger partial charge in [0, 0.05) is 27.9 Å². The van der Waals surface area contributed by atoms with E-state index in [1.54, 1.807) is 0 Å². The van der Waals surface area contributed by atoms with Gasteiger partial charge in [-0.2, -0.15) is 0 Å². The Morgan fingerprint density at radius 2 is 1.36 bits per heavy atom. The van der Waals surface area contributed by atoms with Gasteiger partial charge in [0.2, 0.25) is 0 Å². The number of hydrogen-bond acceptors (Lipinski definition) is 8. The van der Waals surface area contributed by atoms with Crippen LogP contribution in [0.2, 0.25) is 0 Å². The van der Waals surface area contributed by atoms with Crippen molar-refractivity contribution in [3.8, 4) is 0 Å². The molecule has 0 radical (unpaired) electrons. The summed E-state index contributed by atoms with van der Waals surface area (Å²) in [5, 5.41) is -0.743. The topological polar surface area (TPSA) is 97.4 Å². The third-order valence-corrected chi connectivity index (χ3v) is 3.55. The summed E-state index contributed by atoms with van der Waals surface area (Å²) in [7, 11) is 1.45. The monoisotopic (exact) mass is 382 g/mol. The predicted molar refractivity (Wildman–Crippen MR) is 76.1 cm³/mol. The summed E-state index contributed by atoms with van der Waals surface area (Å²) < 4.78 is 26.2. The molecule has 0 aromatic carbocycles. The average Bonchev–Trinajstić information content (AvgIpc) is 2.37. The maximum Gasteiger partial charge on any atom is 0.303 e. The SMILES string of the molecule is COC[C@H]1O[C@H](Br)[C@H](OC(C)=O)[C@@H](OC(C)=O)[C@@H]1OC(C)=O. The molecule has 0 bridgehead atoms. The molecule has 126 valence electrons. The molecule has 9 heteroatoms. The highest BCUT2D eigenvalue weighted by molar-refractivity contribution is 9.09. The quantitative estimate of drug-likeness (QED) is 0.386. The molecule has 1 saturated heterocycles. The number of ether oxygens (including phenoxy) is 5. The first kappa shape index (κ1) is 18.9. The van der Waals surface area contributed by atoms with Crippen molar-refractivity contribution in [1.82, 2.24) is 0 Å². The van der Waals surface area contributed by atoms with Crippen molar-refractivity contribution in [3.05, 3.63) is 0 Å². The van der Waals surface area contributed by atoms with Crippen molar-refractivity contribution >= 4 is 33.8 Å². The molecule has 0 aromatic heterocycles. The molecule has 5 atom stereocenters. The van der Waals surface area contributed by atoms with Gasteiger partial charge in [-0.1, -0.05) is 15.9 Å². The Balaban J connectivity index is 3.09. The summed E-state index contributed by atoms with van der Waals surface area (Å²) >= 11 is 3.23.